The first-order valence-corrected chi connectivity index (χ1v) is 7.59. The summed E-state index contributed by atoms with van der Waals surface area (Å²) in [5.74, 6) is 0.368. The summed E-state index contributed by atoms with van der Waals surface area (Å²) < 4.78 is 0. The molecule has 0 aromatic heterocycles. The van der Waals surface area contributed by atoms with Gasteiger partial charge >= 0.3 is 5.97 Å². The summed E-state index contributed by atoms with van der Waals surface area (Å²) in [6, 6.07) is 16.3. The molecular weight excluding hydrogens is 260 g/mol. The molecule has 0 amide bonds. The maximum Gasteiger partial charge on any atom is 0.335 e. The molecule has 2 nitrogen and oxygen atoms in total. The highest BCUT2D eigenvalue weighted by Crippen LogP contribution is 2.47. The Labute approximate surface area is 125 Å². The summed E-state index contributed by atoms with van der Waals surface area (Å²) in [4.78, 5) is 10.9. The van der Waals surface area contributed by atoms with E-state index in [-0.39, 0.29) is 0 Å². The molecule has 0 heterocycles. The van der Waals surface area contributed by atoms with Crippen molar-refractivity contribution >= 4 is 5.97 Å². The van der Waals surface area contributed by atoms with Crippen molar-refractivity contribution in [1.29, 1.82) is 0 Å². The van der Waals surface area contributed by atoms with Crippen molar-refractivity contribution in [2.24, 2.45) is 0 Å². The lowest BCUT2D eigenvalue weighted by atomic mass is 9.68. The van der Waals surface area contributed by atoms with Gasteiger partial charge in [-0.2, -0.15) is 0 Å². The molecule has 1 N–H and O–H groups in total. The monoisotopic (exact) mass is 280 g/mol. The molecule has 2 heteroatoms. The third-order valence-corrected chi connectivity index (χ3v) is 4.63. The molecule has 21 heavy (non-hydrogen) atoms. The molecule has 1 saturated carbocycles. The number of hydrogen-bond donors (Lipinski definition) is 1. The van der Waals surface area contributed by atoms with Crippen LogP contribution in [0.1, 0.15) is 58.6 Å². The maximum absolute atomic E-state index is 10.9. The molecule has 0 spiro atoms. The lowest BCUT2D eigenvalue weighted by molar-refractivity contribution is 0.0697. The predicted octanol–water partition coefficient (Wildman–Crippen LogP) is 4.61. The zero-order valence-electron chi connectivity index (χ0n) is 12.3. The first kappa shape index (κ1) is 13.9. The second kappa shape index (κ2) is 5.72. The second-order valence-electron chi connectivity index (χ2n) is 5.89. The Morgan fingerprint density at radius 2 is 1.43 bits per heavy atom. The van der Waals surface area contributed by atoms with Crippen LogP contribution in [0.5, 0.6) is 0 Å². The van der Waals surface area contributed by atoms with Crippen LogP contribution in [0.2, 0.25) is 0 Å². The summed E-state index contributed by atoms with van der Waals surface area (Å²) in [5, 5.41) is 8.92. The first-order valence-electron chi connectivity index (χ1n) is 7.59. The van der Waals surface area contributed by atoms with E-state index in [1.807, 2.05) is 12.1 Å². The van der Waals surface area contributed by atoms with Gasteiger partial charge in [0.2, 0.25) is 0 Å². The molecule has 1 fully saturated rings. The highest BCUT2D eigenvalue weighted by atomic mass is 16.4. The average molecular weight is 280 g/mol. The average Bonchev–Trinajstić information content (AvgIpc) is 2.47. The van der Waals surface area contributed by atoms with Crippen molar-refractivity contribution < 1.29 is 9.90 Å². The summed E-state index contributed by atoms with van der Waals surface area (Å²) in [7, 11) is 0. The number of hydrogen-bond acceptors (Lipinski definition) is 1. The molecule has 2 aromatic carbocycles. The van der Waals surface area contributed by atoms with E-state index < -0.39 is 5.97 Å². The maximum atomic E-state index is 10.9. The van der Waals surface area contributed by atoms with Gasteiger partial charge in [0.25, 0.3) is 0 Å². The standard InChI is InChI=1S/C19H20O2/c1-2-13-3-5-14(6-4-13)17-11-18(12-17)15-7-9-16(10-8-15)19(20)21/h3-10,17-18H,2,11-12H2,1H3,(H,20,21). The number of aryl methyl sites for hydroxylation is 1. The molecule has 0 atom stereocenters. The van der Waals surface area contributed by atoms with Crippen LogP contribution in [0.3, 0.4) is 0 Å². The van der Waals surface area contributed by atoms with E-state index in [1.54, 1.807) is 12.1 Å². The fourth-order valence-electron chi connectivity index (χ4n) is 3.09. The number of carbonyl (C=O) groups is 1. The minimum Gasteiger partial charge on any atom is -0.478 e. The lowest BCUT2D eigenvalue weighted by Crippen LogP contribution is -2.20. The lowest BCUT2D eigenvalue weighted by Gasteiger charge is -2.36. The van der Waals surface area contributed by atoms with Gasteiger partial charge in [-0.05, 0) is 59.9 Å². The molecule has 1 aliphatic rings. The van der Waals surface area contributed by atoms with E-state index in [2.05, 4.69) is 31.2 Å². The predicted molar refractivity (Wildman–Crippen MR) is 83.9 cm³/mol. The zero-order chi connectivity index (χ0) is 14.8. The Morgan fingerprint density at radius 1 is 0.952 bits per heavy atom. The van der Waals surface area contributed by atoms with E-state index in [0.717, 1.165) is 19.3 Å². The van der Waals surface area contributed by atoms with Crippen molar-refractivity contribution in [3.63, 3.8) is 0 Å². The van der Waals surface area contributed by atoms with Crippen LogP contribution >= 0.6 is 0 Å². The summed E-state index contributed by atoms with van der Waals surface area (Å²) in [6.45, 7) is 2.18. The third kappa shape index (κ3) is 2.85. The van der Waals surface area contributed by atoms with Crippen LogP contribution < -0.4 is 0 Å². The number of carboxylic acids is 1. The van der Waals surface area contributed by atoms with Crippen LogP contribution in [0.25, 0.3) is 0 Å². The van der Waals surface area contributed by atoms with Gasteiger partial charge in [-0.25, -0.2) is 4.79 Å². The van der Waals surface area contributed by atoms with E-state index in [4.69, 9.17) is 5.11 Å². The van der Waals surface area contributed by atoms with Gasteiger partial charge in [-0.3, -0.25) is 0 Å². The van der Waals surface area contributed by atoms with Crippen LogP contribution in [0.4, 0.5) is 0 Å². The number of benzene rings is 2. The van der Waals surface area contributed by atoms with Crippen molar-refractivity contribution in [2.75, 3.05) is 0 Å². The summed E-state index contributed by atoms with van der Waals surface area (Å²) in [5.41, 5.74) is 4.45. The first-order chi connectivity index (χ1) is 10.2. The van der Waals surface area contributed by atoms with E-state index in [0.29, 0.717) is 17.4 Å². The van der Waals surface area contributed by atoms with Crippen molar-refractivity contribution in [2.45, 2.75) is 38.0 Å². The van der Waals surface area contributed by atoms with Gasteiger partial charge in [0.05, 0.1) is 5.56 Å². The van der Waals surface area contributed by atoms with Crippen molar-refractivity contribution in [1.82, 2.24) is 0 Å². The van der Waals surface area contributed by atoms with Crippen LogP contribution in [0, 0.1) is 0 Å². The molecule has 1 aliphatic carbocycles. The largest absolute Gasteiger partial charge is 0.478 e. The zero-order valence-corrected chi connectivity index (χ0v) is 12.3. The Morgan fingerprint density at radius 3 is 1.86 bits per heavy atom. The van der Waals surface area contributed by atoms with Crippen molar-refractivity contribution in [3.8, 4) is 0 Å². The minimum absolute atomic E-state index is 0.366. The van der Waals surface area contributed by atoms with E-state index in [9.17, 15) is 4.79 Å². The topological polar surface area (TPSA) is 37.3 Å². The molecule has 3 rings (SSSR count). The third-order valence-electron chi connectivity index (χ3n) is 4.63. The molecule has 0 aliphatic heterocycles. The Balaban J connectivity index is 1.63. The van der Waals surface area contributed by atoms with Crippen LogP contribution in [-0.4, -0.2) is 11.1 Å². The fraction of sp³-hybridized carbons (Fsp3) is 0.316. The highest BCUT2D eigenvalue weighted by molar-refractivity contribution is 5.87. The van der Waals surface area contributed by atoms with E-state index >= 15 is 0 Å². The fourth-order valence-corrected chi connectivity index (χ4v) is 3.09. The van der Waals surface area contributed by atoms with Crippen LogP contribution in [0.15, 0.2) is 48.5 Å². The van der Waals surface area contributed by atoms with Gasteiger partial charge in [-0.1, -0.05) is 43.3 Å². The SMILES string of the molecule is CCc1ccc(C2CC(c3ccc(C(=O)O)cc3)C2)cc1. The summed E-state index contributed by atoms with van der Waals surface area (Å²) >= 11 is 0. The quantitative estimate of drug-likeness (QED) is 0.888. The Hall–Kier alpha value is -2.09. The smallest absolute Gasteiger partial charge is 0.335 e. The Kier molecular flexibility index (Phi) is 3.78. The highest BCUT2D eigenvalue weighted by Gasteiger charge is 2.31. The number of rotatable bonds is 4. The molecule has 108 valence electrons. The summed E-state index contributed by atoms with van der Waals surface area (Å²) in [6.07, 6.45) is 3.42. The molecule has 0 bridgehead atoms. The van der Waals surface area contributed by atoms with Gasteiger partial charge in [-0.15, -0.1) is 0 Å². The second-order valence-corrected chi connectivity index (χ2v) is 5.89. The number of aromatic carboxylic acids is 1. The van der Waals surface area contributed by atoms with Gasteiger partial charge < -0.3 is 5.11 Å². The molecule has 0 unspecified atom stereocenters. The van der Waals surface area contributed by atoms with Gasteiger partial charge in [0.1, 0.15) is 0 Å². The molecule has 2 aromatic rings. The van der Waals surface area contributed by atoms with E-state index in [1.165, 1.54) is 16.7 Å². The van der Waals surface area contributed by atoms with Crippen molar-refractivity contribution in [3.05, 3.63) is 70.8 Å². The Bertz CT molecular complexity index is 620. The minimum atomic E-state index is -0.857. The molecule has 0 radical (unpaired) electrons. The molecular formula is C19H20O2. The van der Waals surface area contributed by atoms with Gasteiger partial charge in [0.15, 0.2) is 0 Å². The van der Waals surface area contributed by atoms with Gasteiger partial charge in [0, 0.05) is 0 Å². The molecule has 0 saturated heterocycles. The van der Waals surface area contributed by atoms with Crippen LogP contribution in [-0.2, 0) is 6.42 Å². The number of carboxylic acid groups (broad SMARTS) is 1. The normalized spacial score (nSPS) is 20.8.